The number of ether oxygens (including phenoxy) is 3. The van der Waals surface area contributed by atoms with Gasteiger partial charge in [-0.3, -0.25) is 20.4 Å². The highest BCUT2D eigenvalue weighted by Crippen LogP contribution is 2.17. The molecular formula is C20H24N2O5. The van der Waals surface area contributed by atoms with Crippen molar-refractivity contribution in [2.24, 2.45) is 0 Å². The van der Waals surface area contributed by atoms with Crippen LogP contribution in [0.3, 0.4) is 0 Å². The normalized spacial score (nSPS) is 11.2. The van der Waals surface area contributed by atoms with E-state index >= 15 is 0 Å². The van der Waals surface area contributed by atoms with Gasteiger partial charge in [0.15, 0.2) is 12.7 Å². The van der Waals surface area contributed by atoms with Crippen LogP contribution in [-0.4, -0.2) is 31.6 Å². The average molecular weight is 372 g/mol. The Balaban J connectivity index is 1.77. The quantitative estimate of drug-likeness (QED) is 0.695. The van der Waals surface area contributed by atoms with Crippen molar-refractivity contribution >= 4 is 11.8 Å². The van der Waals surface area contributed by atoms with Gasteiger partial charge in [0.1, 0.15) is 17.2 Å². The van der Waals surface area contributed by atoms with Crippen molar-refractivity contribution in [3.8, 4) is 17.2 Å². The number of hydrogen-bond donors (Lipinski definition) is 2. The molecule has 2 amide bonds. The third-order valence-corrected chi connectivity index (χ3v) is 3.69. The van der Waals surface area contributed by atoms with Crippen molar-refractivity contribution in [3.05, 3.63) is 54.1 Å². The van der Waals surface area contributed by atoms with Gasteiger partial charge >= 0.3 is 0 Å². The number of carbonyl (C=O) groups is 2. The first-order valence-corrected chi connectivity index (χ1v) is 8.60. The Labute approximate surface area is 158 Å². The second kappa shape index (κ2) is 10.1. The number of hydrogen-bond acceptors (Lipinski definition) is 5. The molecule has 7 heteroatoms. The van der Waals surface area contributed by atoms with Crippen LogP contribution in [0.4, 0.5) is 0 Å². The van der Waals surface area contributed by atoms with Crippen LogP contribution in [0.2, 0.25) is 0 Å². The molecule has 0 aliphatic carbocycles. The van der Waals surface area contributed by atoms with E-state index in [4.69, 9.17) is 14.2 Å². The highest BCUT2D eigenvalue weighted by Gasteiger charge is 2.19. The lowest BCUT2D eigenvalue weighted by atomic mass is 10.2. The fourth-order valence-corrected chi connectivity index (χ4v) is 2.24. The molecule has 1 atom stereocenters. The van der Waals surface area contributed by atoms with Crippen LogP contribution in [0.5, 0.6) is 17.2 Å². The zero-order valence-electron chi connectivity index (χ0n) is 15.7. The molecule has 2 aromatic carbocycles. The molecule has 0 heterocycles. The Morgan fingerprint density at radius 1 is 1.00 bits per heavy atom. The molecule has 0 saturated heterocycles. The maximum absolute atomic E-state index is 12.2. The molecule has 27 heavy (non-hydrogen) atoms. The first-order valence-electron chi connectivity index (χ1n) is 8.60. The monoisotopic (exact) mass is 372 g/mol. The molecule has 2 N–H and O–H groups in total. The molecule has 2 aromatic rings. The Kier molecular flexibility index (Phi) is 7.49. The predicted octanol–water partition coefficient (Wildman–Crippen LogP) is 2.39. The van der Waals surface area contributed by atoms with E-state index in [9.17, 15) is 9.59 Å². The van der Waals surface area contributed by atoms with E-state index in [0.717, 1.165) is 5.56 Å². The number of methoxy groups -OCH3 is 1. The molecule has 0 saturated carbocycles. The van der Waals surface area contributed by atoms with E-state index in [2.05, 4.69) is 10.9 Å². The lowest BCUT2D eigenvalue weighted by Crippen LogP contribution is -2.49. The van der Waals surface area contributed by atoms with Gasteiger partial charge in [-0.15, -0.1) is 0 Å². The molecule has 0 aromatic heterocycles. The van der Waals surface area contributed by atoms with Crippen LogP contribution in [0, 0.1) is 6.92 Å². The Morgan fingerprint density at radius 2 is 1.70 bits per heavy atom. The number of nitrogens with one attached hydrogen (secondary N) is 2. The van der Waals surface area contributed by atoms with Crippen LogP contribution in [0.1, 0.15) is 18.9 Å². The second-order valence-electron chi connectivity index (χ2n) is 5.83. The molecule has 0 spiro atoms. The van der Waals surface area contributed by atoms with Gasteiger partial charge in [-0.1, -0.05) is 19.1 Å². The van der Waals surface area contributed by atoms with Crippen LogP contribution < -0.4 is 25.1 Å². The van der Waals surface area contributed by atoms with Crippen LogP contribution in [-0.2, 0) is 9.59 Å². The molecule has 1 unspecified atom stereocenters. The fourth-order valence-electron chi connectivity index (χ4n) is 2.24. The van der Waals surface area contributed by atoms with Crippen molar-refractivity contribution in [1.29, 1.82) is 0 Å². The molecule has 0 aliphatic heterocycles. The second-order valence-corrected chi connectivity index (χ2v) is 5.83. The molecule has 0 fully saturated rings. The largest absolute Gasteiger partial charge is 0.497 e. The highest BCUT2D eigenvalue weighted by molar-refractivity contribution is 5.85. The minimum atomic E-state index is -0.713. The smallest absolute Gasteiger partial charge is 0.279 e. The van der Waals surface area contributed by atoms with Crippen molar-refractivity contribution in [2.75, 3.05) is 13.7 Å². The topological polar surface area (TPSA) is 85.9 Å². The molecule has 0 radical (unpaired) electrons. The first kappa shape index (κ1) is 20.1. The van der Waals surface area contributed by atoms with Crippen molar-refractivity contribution in [3.63, 3.8) is 0 Å². The summed E-state index contributed by atoms with van der Waals surface area (Å²) in [5, 5.41) is 0. The third kappa shape index (κ3) is 6.54. The number of amides is 2. The van der Waals surface area contributed by atoms with Gasteiger partial charge in [-0.05, 0) is 55.3 Å². The van der Waals surface area contributed by atoms with E-state index in [-0.39, 0.29) is 6.61 Å². The molecular weight excluding hydrogens is 348 g/mol. The molecule has 144 valence electrons. The van der Waals surface area contributed by atoms with E-state index < -0.39 is 17.9 Å². The Morgan fingerprint density at radius 3 is 2.33 bits per heavy atom. The minimum absolute atomic E-state index is 0.234. The van der Waals surface area contributed by atoms with Crippen LogP contribution in [0.15, 0.2) is 48.5 Å². The summed E-state index contributed by atoms with van der Waals surface area (Å²) in [6.07, 6.45) is -0.257. The number of benzene rings is 2. The van der Waals surface area contributed by atoms with Gasteiger partial charge in [-0.25, -0.2) is 0 Å². The number of hydrazine groups is 1. The van der Waals surface area contributed by atoms with Gasteiger partial charge < -0.3 is 14.2 Å². The fraction of sp³-hybridized carbons (Fsp3) is 0.300. The van der Waals surface area contributed by atoms with Gasteiger partial charge in [-0.2, -0.15) is 0 Å². The average Bonchev–Trinajstić information content (AvgIpc) is 2.69. The Bertz CT molecular complexity index is 761. The summed E-state index contributed by atoms with van der Waals surface area (Å²) in [6, 6.07) is 14.2. The molecule has 0 aliphatic rings. The maximum atomic E-state index is 12.2. The van der Waals surface area contributed by atoms with Crippen molar-refractivity contribution in [1.82, 2.24) is 10.9 Å². The summed E-state index contributed by atoms with van der Waals surface area (Å²) in [5.74, 6) is 0.900. The van der Waals surface area contributed by atoms with Crippen molar-refractivity contribution in [2.45, 2.75) is 26.4 Å². The number of aryl methyl sites for hydroxylation is 1. The summed E-state index contributed by atoms with van der Waals surface area (Å²) >= 11 is 0. The van der Waals surface area contributed by atoms with E-state index in [1.165, 1.54) is 0 Å². The van der Waals surface area contributed by atoms with E-state index in [1.807, 2.05) is 32.0 Å². The van der Waals surface area contributed by atoms with E-state index in [0.29, 0.717) is 23.7 Å². The maximum Gasteiger partial charge on any atom is 0.279 e. The number of rotatable bonds is 8. The SMILES string of the molecule is CCC(Oc1cccc(C)c1)C(=O)NNC(=O)COc1ccc(OC)cc1. The van der Waals surface area contributed by atoms with Crippen LogP contribution in [0.25, 0.3) is 0 Å². The molecule has 2 rings (SSSR count). The minimum Gasteiger partial charge on any atom is -0.497 e. The summed E-state index contributed by atoms with van der Waals surface area (Å²) in [4.78, 5) is 24.0. The van der Waals surface area contributed by atoms with Gasteiger partial charge in [0.05, 0.1) is 7.11 Å². The lowest BCUT2D eigenvalue weighted by molar-refractivity contribution is -0.134. The first-order chi connectivity index (χ1) is 13.0. The zero-order chi connectivity index (χ0) is 19.6. The standard InChI is InChI=1S/C20H24N2O5/c1-4-18(27-17-7-5-6-14(2)12-17)20(24)22-21-19(23)13-26-16-10-8-15(25-3)9-11-16/h5-12,18H,4,13H2,1-3H3,(H,21,23)(H,22,24). The Hall–Kier alpha value is -3.22. The predicted molar refractivity (Wildman–Crippen MR) is 101 cm³/mol. The summed E-state index contributed by atoms with van der Waals surface area (Å²) in [6.45, 7) is 3.54. The van der Waals surface area contributed by atoms with Gasteiger partial charge in [0.25, 0.3) is 11.8 Å². The van der Waals surface area contributed by atoms with Crippen LogP contribution >= 0.6 is 0 Å². The molecule has 7 nitrogen and oxygen atoms in total. The summed E-state index contributed by atoms with van der Waals surface area (Å²) < 4.78 is 16.1. The van der Waals surface area contributed by atoms with Gasteiger partial charge in [0.2, 0.25) is 0 Å². The lowest BCUT2D eigenvalue weighted by Gasteiger charge is -2.18. The van der Waals surface area contributed by atoms with Crippen molar-refractivity contribution < 1.29 is 23.8 Å². The molecule has 0 bridgehead atoms. The van der Waals surface area contributed by atoms with Gasteiger partial charge in [0, 0.05) is 0 Å². The summed E-state index contributed by atoms with van der Waals surface area (Å²) in [7, 11) is 1.57. The zero-order valence-corrected chi connectivity index (χ0v) is 15.7. The highest BCUT2D eigenvalue weighted by atomic mass is 16.5. The van der Waals surface area contributed by atoms with E-state index in [1.54, 1.807) is 37.4 Å². The third-order valence-electron chi connectivity index (χ3n) is 3.69. The number of carbonyl (C=O) groups excluding carboxylic acids is 2. The summed E-state index contributed by atoms with van der Waals surface area (Å²) in [5.41, 5.74) is 5.71.